The Morgan fingerprint density at radius 1 is 1.11 bits per heavy atom. The maximum atomic E-state index is 12.6. The Morgan fingerprint density at radius 3 is 2.50 bits per heavy atom. The monoisotopic (exact) mass is 406 g/mol. The van der Waals surface area contributed by atoms with E-state index < -0.39 is 15.9 Å². The number of anilines is 2. The number of carbonyl (C=O) groups excluding carboxylic acids is 1. The van der Waals surface area contributed by atoms with Gasteiger partial charge in [-0.1, -0.05) is 0 Å². The van der Waals surface area contributed by atoms with Gasteiger partial charge in [0, 0.05) is 11.8 Å². The van der Waals surface area contributed by atoms with E-state index in [-0.39, 0.29) is 19.1 Å². The molecule has 2 aromatic rings. The molecule has 0 aromatic heterocycles. The molecule has 1 N–H and O–H groups in total. The van der Waals surface area contributed by atoms with Crippen LogP contribution in [0.15, 0.2) is 42.5 Å². The number of rotatable bonds is 8. The molecule has 3 rings (SSSR count). The van der Waals surface area contributed by atoms with Crippen molar-refractivity contribution in [1.29, 1.82) is 0 Å². The largest absolute Gasteiger partial charge is 0.494 e. The lowest BCUT2D eigenvalue weighted by atomic mass is 10.2. The summed E-state index contributed by atoms with van der Waals surface area (Å²) in [6.45, 7) is 3.68. The maximum Gasteiger partial charge on any atom is 0.245 e. The summed E-state index contributed by atoms with van der Waals surface area (Å²) in [7, 11) is -3.68. The molecule has 0 bridgehead atoms. The zero-order chi connectivity index (χ0) is 20.1. The van der Waals surface area contributed by atoms with Gasteiger partial charge in [-0.05, 0) is 50.2 Å². The smallest absolute Gasteiger partial charge is 0.245 e. The summed E-state index contributed by atoms with van der Waals surface area (Å²) in [4.78, 5) is 12.5. The van der Waals surface area contributed by atoms with E-state index >= 15 is 0 Å². The Bertz CT molecular complexity index is 943. The molecule has 1 amide bonds. The number of nitrogens with zero attached hydrogens (tertiary/aromatic N) is 1. The van der Waals surface area contributed by atoms with Crippen LogP contribution in [-0.4, -0.2) is 40.0 Å². The highest BCUT2D eigenvalue weighted by atomic mass is 32.2. The van der Waals surface area contributed by atoms with Crippen molar-refractivity contribution in [3.8, 4) is 17.2 Å². The molecule has 2 aromatic carbocycles. The van der Waals surface area contributed by atoms with Crippen LogP contribution in [-0.2, 0) is 14.8 Å². The quantitative estimate of drug-likeness (QED) is 0.724. The number of nitrogens with one attached hydrogen (secondary N) is 1. The average molecular weight is 406 g/mol. The van der Waals surface area contributed by atoms with E-state index in [0.717, 1.165) is 4.31 Å². The number of fused-ring (bicyclic) bond motifs is 1. The third-order valence-electron chi connectivity index (χ3n) is 4.08. The van der Waals surface area contributed by atoms with Gasteiger partial charge in [0.1, 0.15) is 12.3 Å². The predicted octanol–water partition coefficient (Wildman–Crippen LogP) is 2.61. The van der Waals surface area contributed by atoms with Crippen LogP contribution < -0.4 is 23.8 Å². The fraction of sp³-hybridized carbons (Fsp3) is 0.316. The number of hydrogen-bond donors (Lipinski definition) is 1. The molecule has 9 heteroatoms. The summed E-state index contributed by atoms with van der Waals surface area (Å²) < 4.78 is 42.1. The van der Waals surface area contributed by atoms with Gasteiger partial charge in [0.25, 0.3) is 0 Å². The molecule has 150 valence electrons. The third kappa shape index (κ3) is 4.48. The van der Waals surface area contributed by atoms with Crippen LogP contribution in [0.4, 0.5) is 11.4 Å². The lowest BCUT2D eigenvalue weighted by Gasteiger charge is -2.23. The fourth-order valence-corrected chi connectivity index (χ4v) is 3.74. The highest BCUT2D eigenvalue weighted by Gasteiger charge is 2.25. The van der Waals surface area contributed by atoms with Gasteiger partial charge in [-0.2, -0.15) is 0 Å². The predicted molar refractivity (Wildman–Crippen MR) is 106 cm³/mol. The number of ether oxygens (including phenoxy) is 3. The van der Waals surface area contributed by atoms with Crippen molar-refractivity contribution in [1.82, 2.24) is 0 Å². The molecule has 8 nitrogen and oxygen atoms in total. The highest BCUT2D eigenvalue weighted by molar-refractivity contribution is 7.92. The van der Waals surface area contributed by atoms with E-state index in [2.05, 4.69) is 5.32 Å². The Balaban J connectivity index is 1.77. The second-order valence-corrected chi connectivity index (χ2v) is 8.13. The summed E-state index contributed by atoms with van der Waals surface area (Å²) in [5, 5.41) is 2.70. The first kappa shape index (κ1) is 19.8. The minimum atomic E-state index is -3.68. The highest BCUT2D eigenvalue weighted by Crippen LogP contribution is 2.36. The Labute approximate surface area is 164 Å². The van der Waals surface area contributed by atoms with Crippen molar-refractivity contribution in [3.05, 3.63) is 42.5 Å². The van der Waals surface area contributed by atoms with E-state index in [9.17, 15) is 13.2 Å². The number of hydrogen-bond acceptors (Lipinski definition) is 6. The Morgan fingerprint density at radius 2 is 1.82 bits per heavy atom. The number of carbonyl (C=O) groups is 1. The molecule has 0 aliphatic carbocycles. The molecule has 1 aliphatic heterocycles. The van der Waals surface area contributed by atoms with E-state index in [0.29, 0.717) is 35.2 Å². The third-order valence-corrected chi connectivity index (χ3v) is 5.82. The normalized spacial score (nSPS) is 12.5. The van der Waals surface area contributed by atoms with Gasteiger partial charge in [-0.15, -0.1) is 0 Å². The van der Waals surface area contributed by atoms with E-state index in [4.69, 9.17) is 14.2 Å². The van der Waals surface area contributed by atoms with Crippen molar-refractivity contribution < 1.29 is 27.4 Å². The zero-order valence-electron chi connectivity index (χ0n) is 15.7. The Kier molecular flexibility index (Phi) is 5.93. The minimum absolute atomic E-state index is 0.0809. The molecule has 0 unspecified atom stereocenters. The molecule has 0 saturated carbocycles. The van der Waals surface area contributed by atoms with Crippen LogP contribution in [0.2, 0.25) is 0 Å². The minimum Gasteiger partial charge on any atom is -0.494 e. The summed E-state index contributed by atoms with van der Waals surface area (Å²) in [6.07, 6.45) is 0. The van der Waals surface area contributed by atoms with Gasteiger partial charge in [0.15, 0.2) is 11.5 Å². The molecular weight excluding hydrogens is 384 g/mol. The van der Waals surface area contributed by atoms with Gasteiger partial charge in [-0.25, -0.2) is 8.42 Å². The molecule has 0 atom stereocenters. The molecule has 0 radical (unpaired) electrons. The number of sulfonamides is 1. The maximum absolute atomic E-state index is 12.6. The SMILES string of the molecule is CCOc1ccc(NC(=O)CN(c2ccc3c(c2)OCO3)S(=O)(=O)CC)cc1. The van der Waals surface area contributed by atoms with E-state index in [1.165, 1.54) is 6.92 Å². The fourth-order valence-electron chi connectivity index (χ4n) is 2.68. The summed E-state index contributed by atoms with van der Waals surface area (Å²) in [6, 6.07) is 11.6. The lowest BCUT2D eigenvalue weighted by molar-refractivity contribution is -0.114. The molecule has 0 saturated heterocycles. The van der Waals surface area contributed by atoms with Crippen LogP contribution in [0.1, 0.15) is 13.8 Å². The molecule has 28 heavy (non-hydrogen) atoms. The zero-order valence-corrected chi connectivity index (χ0v) is 16.5. The first-order chi connectivity index (χ1) is 13.4. The van der Waals surface area contributed by atoms with Crippen molar-refractivity contribution in [3.63, 3.8) is 0 Å². The van der Waals surface area contributed by atoms with Gasteiger partial charge >= 0.3 is 0 Å². The first-order valence-electron chi connectivity index (χ1n) is 8.85. The summed E-state index contributed by atoms with van der Waals surface area (Å²) >= 11 is 0. The van der Waals surface area contributed by atoms with Crippen LogP contribution >= 0.6 is 0 Å². The van der Waals surface area contributed by atoms with Crippen LogP contribution in [0, 0.1) is 0 Å². The van der Waals surface area contributed by atoms with E-state index in [1.807, 2.05) is 6.92 Å². The van der Waals surface area contributed by atoms with Gasteiger partial charge in [0.05, 0.1) is 18.0 Å². The van der Waals surface area contributed by atoms with Gasteiger partial charge in [-0.3, -0.25) is 9.10 Å². The average Bonchev–Trinajstić information content (AvgIpc) is 3.15. The van der Waals surface area contributed by atoms with Crippen molar-refractivity contribution in [2.24, 2.45) is 0 Å². The van der Waals surface area contributed by atoms with Crippen molar-refractivity contribution >= 4 is 27.3 Å². The number of benzene rings is 2. The van der Waals surface area contributed by atoms with Crippen LogP contribution in [0.25, 0.3) is 0 Å². The summed E-state index contributed by atoms with van der Waals surface area (Å²) in [5.41, 5.74) is 0.890. The topological polar surface area (TPSA) is 94.2 Å². The molecule has 0 fully saturated rings. The molecule has 1 heterocycles. The lowest BCUT2D eigenvalue weighted by Crippen LogP contribution is -2.39. The standard InChI is InChI=1S/C19H22N2O6S/c1-3-25-16-8-5-14(6-9-16)20-19(22)12-21(28(23,24)4-2)15-7-10-17-18(11-15)27-13-26-17/h5-11H,3-4,12-13H2,1-2H3,(H,20,22). The second-order valence-electron chi connectivity index (χ2n) is 5.95. The number of amides is 1. The Hall–Kier alpha value is -2.94. The molecule has 1 aliphatic rings. The second kappa shape index (κ2) is 8.39. The summed E-state index contributed by atoms with van der Waals surface area (Å²) in [5.74, 6) is 1.07. The molecule has 0 spiro atoms. The van der Waals surface area contributed by atoms with Gasteiger partial charge < -0.3 is 19.5 Å². The van der Waals surface area contributed by atoms with Crippen molar-refractivity contribution in [2.45, 2.75) is 13.8 Å². The van der Waals surface area contributed by atoms with E-state index in [1.54, 1.807) is 42.5 Å². The van der Waals surface area contributed by atoms with Crippen molar-refractivity contribution in [2.75, 3.05) is 35.3 Å². The van der Waals surface area contributed by atoms with Gasteiger partial charge in [0.2, 0.25) is 22.7 Å². The van der Waals surface area contributed by atoms with Crippen LogP contribution in [0.3, 0.4) is 0 Å². The molecular formula is C19H22N2O6S. The first-order valence-corrected chi connectivity index (χ1v) is 10.5. The van der Waals surface area contributed by atoms with Crippen LogP contribution in [0.5, 0.6) is 17.2 Å².